The molecule has 3 heteroatoms. The van der Waals surface area contributed by atoms with Crippen LogP contribution in [0.25, 0.3) is 0 Å². The largest absolute Gasteiger partial charge is 0.315 e. The Balaban J connectivity index is 0.000000561. The Bertz CT molecular complexity index is 203. The third-order valence-electron chi connectivity index (χ3n) is 1.52. The van der Waals surface area contributed by atoms with Gasteiger partial charge in [0.05, 0.1) is 0 Å². The molecule has 3 nitrogen and oxygen atoms in total. The zero-order chi connectivity index (χ0) is 9.56. The van der Waals surface area contributed by atoms with Gasteiger partial charge in [0.1, 0.15) is 12.2 Å². The highest BCUT2D eigenvalue weighted by Crippen LogP contribution is 2.05. The lowest BCUT2D eigenvalue weighted by Crippen LogP contribution is -2.03. The molecule has 0 atom stereocenters. The Morgan fingerprint density at radius 3 is 2.33 bits per heavy atom. The van der Waals surface area contributed by atoms with Crippen molar-refractivity contribution in [2.24, 2.45) is 0 Å². The lowest BCUT2D eigenvalue weighted by atomic mass is 10.3. The van der Waals surface area contributed by atoms with Crippen LogP contribution in [0.2, 0.25) is 0 Å². The molecule has 0 bridgehead atoms. The molecule has 0 aromatic carbocycles. The molecule has 0 saturated carbocycles. The van der Waals surface area contributed by atoms with Crippen molar-refractivity contribution in [1.29, 1.82) is 0 Å². The number of hydrogen-bond acceptors (Lipinski definition) is 2. The van der Waals surface area contributed by atoms with E-state index in [1.54, 1.807) is 6.33 Å². The van der Waals surface area contributed by atoms with Crippen LogP contribution in [-0.2, 0) is 6.42 Å². The van der Waals surface area contributed by atoms with Crippen molar-refractivity contribution in [3.63, 3.8) is 0 Å². The molecule has 0 saturated heterocycles. The van der Waals surface area contributed by atoms with Crippen molar-refractivity contribution in [2.75, 3.05) is 0 Å². The minimum absolute atomic E-state index is 0.477. The lowest BCUT2D eigenvalue weighted by molar-refractivity contribution is 0.571. The van der Waals surface area contributed by atoms with Crippen molar-refractivity contribution in [3.05, 3.63) is 12.2 Å². The van der Waals surface area contributed by atoms with E-state index in [2.05, 4.69) is 35.5 Å². The topological polar surface area (TPSA) is 30.7 Å². The number of hydrogen-bond donors (Lipinski definition) is 0. The molecule has 0 amide bonds. The van der Waals surface area contributed by atoms with Crippen LogP contribution >= 0.6 is 0 Å². The molecular formula is C9H19N3. The van der Waals surface area contributed by atoms with E-state index in [1.165, 1.54) is 0 Å². The third kappa shape index (κ3) is 2.64. The predicted octanol–water partition coefficient (Wildman–Crippen LogP) is 2.45. The van der Waals surface area contributed by atoms with Gasteiger partial charge in [0, 0.05) is 12.5 Å². The van der Waals surface area contributed by atoms with Gasteiger partial charge < -0.3 is 4.57 Å². The fourth-order valence-electron chi connectivity index (χ4n) is 0.951. The molecule has 0 unspecified atom stereocenters. The van der Waals surface area contributed by atoms with E-state index in [1.807, 2.05) is 13.8 Å². The van der Waals surface area contributed by atoms with Crippen LogP contribution in [0.1, 0.15) is 46.5 Å². The first-order valence-electron chi connectivity index (χ1n) is 4.64. The van der Waals surface area contributed by atoms with Gasteiger partial charge in [-0.3, -0.25) is 0 Å². The molecule has 70 valence electrons. The molecule has 0 aliphatic carbocycles. The molecule has 12 heavy (non-hydrogen) atoms. The fraction of sp³-hybridized carbons (Fsp3) is 0.778. The van der Waals surface area contributed by atoms with Gasteiger partial charge in [-0.2, -0.15) is 0 Å². The van der Waals surface area contributed by atoms with Gasteiger partial charge in [-0.1, -0.05) is 20.8 Å². The van der Waals surface area contributed by atoms with Crippen LogP contribution in [-0.4, -0.2) is 14.8 Å². The highest BCUT2D eigenvalue weighted by Gasteiger charge is 2.02. The summed E-state index contributed by atoms with van der Waals surface area (Å²) >= 11 is 0. The van der Waals surface area contributed by atoms with E-state index in [4.69, 9.17) is 0 Å². The summed E-state index contributed by atoms with van der Waals surface area (Å²) in [6.45, 7) is 10.3. The maximum absolute atomic E-state index is 3.97. The van der Waals surface area contributed by atoms with E-state index in [9.17, 15) is 0 Å². The van der Waals surface area contributed by atoms with Gasteiger partial charge in [-0.25, -0.2) is 0 Å². The second kappa shape index (κ2) is 5.75. The Morgan fingerprint density at radius 1 is 1.42 bits per heavy atom. The average molecular weight is 169 g/mol. The van der Waals surface area contributed by atoms with Gasteiger partial charge in [-0.05, 0) is 13.8 Å². The molecule has 0 aliphatic heterocycles. The predicted molar refractivity (Wildman–Crippen MR) is 51.1 cm³/mol. The van der Waals surface area contributed by atoms with Crippen molar-refractivity contribution < 1.29 is 0 Å². The molecule has 0 aliphatic rings. The fourth-order valence-corrected chi connectivity index (χ4v) is 0.951. The molecule has 0 N–H and O–H groups in total. The zero-order valence-electron chi connectivity index (χ0n) is 8.70. The summed E-state index contributed by atoms with van der Waals surface area (Å²) in [5.41, 5.74) is 0. The molecule has 1 aromatic heterocycles. The number of aryl methyl sites for hydroxylation is 1. The second-order valence-electron chi connectivity index (χ2n) is 2.60. The van der Waals surface area contributed by atoms with Crippen molar-refractivity contribution in [3.8, 4) is 0 Å². The summed E-state index contributed by atoms with van der Waals surface area (Å²) in [5, 5.41) is 7.80. The Morgan fingerprint density at radius 2 is 2.00 bits per heavy atom. The highest BCUT2D eigenvalue weighted by molar-refractivity contribution is 4.86. The maximum Gasteiger partial charge on any atom is 0.132 e. The van der Waals surface area contributed by atoms with Crippen LogP contribution in [0.15, 0.2) is 6.33 Å². The van der Waals surface area contributed by atoms with Crippen LogP contribution in [0.5, 0.6) is 0 Å². The van der Waals surface area contributed by atoms with Gasteiger partial charge >= 0.3 is 0 Å². The van der Waals surface area contributed by atoms with Crippen LogP contribution in [0.4, 0.5) is 0 Å². The first-order chi connectivity index (χ1) is 5.75. The minimum Gasteiger partial charge on any atom is -0.315 e. The number of aromatic nitrogens is 3. The highest BCUT2D eigenvalue weighted by atomic mass is 15.3. The summed E-state index contributed by atoms with van der Waals surface area (Å²) in [6.07, 6.45) is 2.74. The first kappa shape index (κ1) is 11.1. The smallest absolute Gasteiger partial charge is 0.132 e. The summed E-state index contributed by atoms with van der Waals surface area (Å²) in [6, 6.07) is 0.477. The van der Waals surface area contributed by atoms with Crippen LogP contribution in [0, 0.1) is 0 Å². The zero-order valence-corrected chi connectivity index (χ0v) is 8.70. The molecule has 0 radical (unpaired) electrons. The number of rotatable bonds is 2. The average Bonchev–Trinajstić information content (AvgIpc) is 2.55. The van der Waals surface area contributed by atoms with Crippen molar-refractivity contribution in [2.45, 2.75) is 47.1 Å². The molecular weight excluding hydrogens is 150 g/mol. The molecule has 0 fully saturated rings. The Hall–Kier alpha value is -0.860. The van der Waals surface area contributed by atoms with Gasteiger partial charge in [0.2, 0.25) is 0 Å². The Labute approximate surface area is 74.8 Å². The van der Waals surface area contributed by atoms with Gasteiger partial charge in [0.15, 0.2) is 0 Å². The second-order valence-corrected chi connectivity index (χ2v) is 2.60. The molecule has 1 heterocycles. The molecule has 0 spiro atoms. The van der Waals surface area contributed by atoms with E-state index >= 15 is 0 Å². The normalized spacial score (nSPS) is 9.50. The van der Waals surface area contributed by atoms with Crippen molar-refractivity contribution >= 4 is 0 Å². The summed E-state index contributed by atoms with van der Waals surface area (Å²) in [5.74, 6) is 1.06. The summed E-state index contributed by atoms with van der Waals surface area (Å²) in [4.78, 5) is 0. The lowest BCUT2D eigenvalue weighted by Gasteiger charge is -2.07. The van der Waals surface area contributed by atoms with Crippen LogP contribution in [0.3, 0.4) is 0 Å². The first-order valence-corrected chi connectivity index (χ1v) is 4.64. The van der Waals surface area contributed by atoms with Crippen molar-refractivity contribution in [1.82, 2.24) is 14.8 Å². The monoisotopic (exact) mass is 169 g/mol. The summed E-state index contributed by atoms with van der Waals surface area (Å²) in [7, 11) is 0. The summed E-state index contributed by atoms with van der Waals surface area (Å²) < 4.78 is 2.08. The van der Waals surface area contributed by atoms with E-state index in [0.717, 1.165) is 12.2 Å². The number of nitrogens with zero attached hydrogens (tertiary/aromatic N) is 3. The van der Waals surface area contributed by atoms with E-state index < -0.39 is 0 Å². The van der Waals surface area contributed by atoms with Crippen LogP contribution < -0.4 is 0 Å². The standard InChI is InChI=1S/C7H13N3.C2H6/c1-4-7-9-8-5-10(7)6(2)3;1-2/h5-6H,4H2,1-3H3;1-2H3. The molecule has 1 aromatic rings. The van der Waals surface area contributed by atoms with E-state index in [-0.39, 0.29) is 0 Å². The van der Waals surface area contributed by atoms with Gasteiger partial charge in [-0.15, -0.1) is 10.2 Å². The quantitative estimate of drug-likeness (QED) is 0.680. The minimum atomic E-state index is 0.477. The van der Waals surface area contributed by atoms with Gasteiger partial charge in [0.25, 0.3) is 0 Å². The SMILES string of the molecule is CC.CCc1nncn1C(C)C. The maximum atomic E-state index is 3.97. The molecule has 1 rings (SSSR count). The Kier molecular flexibility index (Phi) is 5.34. The van der Waals surface area contributed by atoms with E-state index in [0.29, 0.717) is 6.04 Å². The third-order valence-corrected chi connectivity index (χ3v) is 1.52.